The van der Waals surface area contributed by atoms with Crippen molar-refractivity contribution in [1.82, 2.24) is 15.2 Å². The van der Waals surface area contributed by atoms with Crippen molar-refractivity contribution >= 4 is 37.6 Å². The van der Waals surface area contributed by atoms with Gasteiger partial charge in [0, 0.05) is 14.5 Å². The number of aromatic nitrogens is 3. The highest BCUT2D eigenvalue weighted by molar-refractivity contribution is 9.11. The highest BCUT2D eigenvalue weighted by Crippen LogP contribution is 2.24. The average Bonchev–Trinajstić information content (AvgIpc) is 2.69. The van der Waals surface area contributed by atoms with Gasteiger partial charge in [-0.3, -0.25) is 0 Å². The standard InChI is InChI=1S/C9H6Br2N4O2/c10-5-1-2-6(7(11)3-5)9(13-16)8-4-15(17)14-12-8/h1-4,16-17H/b13-9-. The normalized spacial score (nSPS) is 11.8. The molecule has 88 valence electrons. The van der Waals surface area contributed by atoms with Gasteiger partial charge in [0.2, 0.25) is 0 Å². The van der Waals surface area contributed by atoms with Crippen molar-refractivity contribution in [3.8, 4) is 0 Å². The third-order valence-electron chi connectivity index (χ3n) is 2.01. The largest absolute Gasteiger partial charge is 0.410 e. The van der Waals surface area contributed by atoms with Crippen LogP contribution in [0.3, 0.4) is 0 Å². The summed E-state index contributed by atoms with van der Waals surface area (Å²) in [5.74, 6) is 0. The van der Waals surface area contributed by atoms with Crippen LogP contribution in [0.25, 0.3) is 0 Å². The molecule has 0 saturated heterocycles. The second kappa shape index (κ2) is 4.84. The molecule has 2 N–H and O–H groups in total. The van der Waals surface area contributed by atoms with Crippen LogP contribution in [-0.2, 0) is 0 Å². The lowest BCUT2D eigenvalue weighted by atomic mass is 10.1. The average molecular weight is 362 g/mol. The maximum absolute atomic E-state index is 9.04. The fraction of sp³-hybridized carbons (Fsp3) is 0. The van der Waals surface area contributed by atoms with Gasteiger partial charge >= 0.3 is 0 Å². The molecule has 0 bridgehead atoms. The van der Waals surface area contributed by atoms with Crippen LogP contribution < -0.4 is 0 Å². The van der Waals surface area contributed by atoms with Gasteiger partial charge in [0.1, 0.15) is 11.4 Å². The second-order valence-electron chi connectivity index (χ2n) is 3.10. The Hall–Kier alpha value is -1.41. The maximum Gasteiger partial charge on any atom is 0.140 e. The first kappa shape index (κ1) is 12.1. The molecule has 1 heterocycles. The van der Waals surface area contributed by atoms with Crippen LogP contribution in [0.4, 0.5) is 0 Å². The van der Waals surface area contributed by atoms with Gasteiger partial charge in [-0.2, -0.15) is 0 Å². The van der Waals surface area contributed by atoms with Crippen molar-refractivity contribution in [2.75, 3.05) is 0 Å². The number of nitrogens with zero attached hydrogens (tertiary/aromatic N) is 4. The van der Waals surface area contributed by atoms with E-state index in [0.717, 1.165) is 8.95 Å². The number of rotatable bonds is 2. The zero-order chi connectivity index (χ0) is 12.4. The zero-order valence-corrected chi connectivity index (χ0v) is 11.4. The van der Waals surface area contributed by atoms with Gasteiger partial charge in [-0.15, -0.1) is 5.10 Å². The lowest BCUT2D eigenvalue weighted by molar-refractivity contribution is 0.143. The number of halogens is 2. The van der Waals surface area contributed by atoms with Crippen LogP contribution in [0.15, 0.2) is 38.5 Å². The molecule has 0 unspecified atom stereocenters. The molecular formula is C9H6Br2N4O2. The Morgan fingerprint density at radius 3 is 2.65 bits per heavy atom. The molecular weight excluding hydrogens is 356 g/mol. The van der Waals surface area contributed by atoms with E-state index >= 15 is 0 Å². The maximum atomic E-state index is 9.04. The van der Waals surface area contributed by atoms with Crippen LogP contribution in [0.5, 0.6) is 0 Å². The summed E-state index contributed by atoms with van der Waals surface area (Å²) < 4.78 is 1.61. The molecule has 1 aromatic carbocycles. The molecule has 0 amide bonds. The van der Waals surface area contributed by atoms with E-state index in [1.807, 2.05) is 6.07 Å². The van der Waals surface area contributed by atoms with Gasteiger partial charge in [-0.05, 0) is 17.3 Å². The molecule has 0 radical (unpaired) electrons. The van der Waals surface area contributed by atoms with E-state index in [0.29, 0.717) is 10.4 Å². The molecule has 0 aliphatic rings. The summed E-state index contributed by atoms with van der Waals surface area (Å²) in [5, 5.41) is 28.3. The molecule has 0 atom stereocenters. The lowest BCUT2D eigenvalue weighted by Crippen LogP contribution is -2.05. The van der Waals surface area contributed by atoms with E-state index in [1.165, 1.54) is 6.20 Å². The predicted octanol–water partition coefficient (Wildman–Crippen LogP) is 2.27. The molecule has 2 aromatic rings. The first-order chi connectivity index (χ1) is 8.11. The van der Waals surface area contributed by atoms with Crippen molar-refractivity contribution in [1.29, 1.82) is 0 Å². The number of benzene rings is 1. The Bertz CT molecular complexity index is 582. The van der Waals surface area contributed by atoms with Gasteiger partial charge in [0.15, 0.2) is 0 Å². The molecule has 0 aliphatic carbocycles. The van der Waals surface area contributed by atoms with Crippen LogP contribution >= 0.6 is 31.9 Å². The molecule has 2 rings (SSSR count). The molecule has 17 heavy (non-hydrogen) atoms. The summed E-state index contributed by atoms with van der Waals surface area (Å²) in [5.41, 5.74) is 1.11. The second-order valence-corrected chi connectivity index (χ2v) is 4.87. The van der Waals surface area contributed by atoms with E-state index in [4.69, 9.17) is 10.4 Å². The summed E-state index contributed by atoms with van der Waals surface area (Å²) in [6.07, 6.45) is 1.24. The minimum Gasteiger partial charge on any atom is -0.410 e. The third-order valence-corrected chi connectivity index (χ3v) is 3.16. The SMILES string of the molecule is O/N=C(\c1cn(O)nn1)c1ccc(Br)cc1Br. The Morgan fingerprint density at radius 1 is 1.35 bits per heavy atom. The molecule has 1 aromatic heterocycles. The van der Waals surface area contributed by atoms with Crippen molar-refractivity contribution < 1.29 is 10.4 Å². The van der Waals surface area contributed by atoms with Gasteiger partial charge < -0.3 is 10.4 Å². The summed E-state index contributed by atoms with van der Waals surface area (Å²) >= 11 is 6.68. The fourth-order valence-corrected chi connectivity index (χ4v) is 2.52. The Kier molecular flexibility index (Phi) is 3.43. The fourth-order valence-electron chi connectivity index (χ4n) is 1.29. The van der Waals surface area contributed by atoms with E-state index in [2.05, 4.69) is 47.3 Å². The van der Waals surface area contributed by atoms with Crippen molar-refractivity contribution in [3.05, 3.63) is 44.6 Å². The van der Waals surface area contributed by atoms with E-state index in [1.54, 1.807) is 12.1 Å². The Morgan fingerprint density at radius 2 is 2.12 bits per heavy atom. The molecule has 0 spiro atoms. The monoisotopic (exact) mass is 360 g/mol. The van der Waals surface area contributed by atoms with Crippen LogP contribution in [-0.4, -0.2) is 31.3 Å². The molecule has 0 saturated carbocycles. The van der Waals surface area contributed by atoms with Crippen molar-refractivity contribution in [3.63, 3.8) is 0 Å². The summed E-state index contributed by atoms with van der Waals surface area (Å²) in [4.78, 5) is 0.549. The van der Waals surface area contributed by atoms with E-state index in [-0.39, 0.29) is 11.4 Å². The summed E-state index contributed by atoms with van der Waals surface area (Å²) in [6.45, 7) is 0. The van der Waals surface area contributed by atoms with E-state index < -0.39 is 0 Å². The molecule has 0 fully saturated rings. The smallest absolute Gasteiger partial charge is 0.140 e. The minimum atomic E-state index is 0.213. The predicted molar refractivity (Wildman–Crippen MR) is 66.5 cm³/mol. The van der Waals surface area contributed by atoms with Gasteiger partial charge in [0.05, 0.1) is 6.20 Å². The molecule has 8 heteroatoms. The first-order valence-electron chi connectivity index (χ1n) is 4.41. The Labute approximate surface area is 113 Å². The van der Waals surface area contributed by atoms with Gasteiger partial charge in [0.25, 0.3) is 0 Å². The molecule has 6 nitrogen and oxygen atoms in total. The van der Waals surface area contributed by atoms with Crippen LogP contribution in [0.2, 0.25) is 0 Å². The molecule has 0 aliphatic heterocycles. The number of oxime groups is 1. The summed E-state index contributed by atoms with van der Waals surface area (Å²) in [6, 6.07) is 5.36. The Balaban J connectivity index is 2.50. The lowest BCUT2D eigenvalue weighted by Gasteiger charge is -2.04. The highest BCUT2D eigenvalue weighted by Gasteiger charge is 2.15. The number of hydrogen-bond acceptors (Lipinski definition) is 5. The van der Waals surface area contributed by atoms with Gasteiger partial charge in [-0.25, -0.2) is 0 Å². The summed E-state index contributed by atoms with van der Waals surface area (Å²) in [7, 11) is 0. The zero-order valence-electron chi connectivity index (χ0n) is 8.25. The van der Waals surface area contributed by atoms with Crippen LogP contribution in [0.1, 0.15) is 11.3 Å². The van der Waals surface area contributed by atoms with Gasteiger partial charge in [-0.1, -0.05) is 47.9 Å². The number of hydrogen-bond donors (Lipinski definition) is 2. The minimum absolute atomic E-state index is 0.213. The quantitative estimate of drug-likeness (QED) is 0.372. The third kappa shape index (κ3) is 2.47. The first-order valence-corrected chi connectivity index (χ1v) is 6.00. The topological polar surface area (TPSA) is 83.5 Å². The van der Waals surface area contributed by atoms with Crippen molar-refractivity contribution in [2.45, 2.75) is 0 Å². The van der Waals surface area contributed by atoms with E-state index in [9.17, 15) is 0 Å². The highest BCUT2D eigenvalue weighted by atomic mass is 79.9. The van der Waals surface area contributed by atoms with Crippen molar-refractivity contribution in [2.24, 2.45) is 5.16 Å². The van der Waals surface area contributed by atoms with Crippen LogP contribution in [0, 0.1) is 0 Å².